The summed E-state index contributed by atoms with van der Waals surface area (Å²) in [6, 6.07) is 42.0. The van der Waals surface area contributed by atoms with Gasteiger partial charge in [0, 0.05) is 106 Å². The summed E-state index contributed by atoms with van der Waals surface area (Å²) in [5.41, 5.74) is 8.56. The highest BCUT2D eigenvalue weighted by Gasteiger charge is 2.27. The highest BCUT2D eigenvalue weighted by Crippen LogP contribution is 2.32. The third-order valence-electron chi connectivity index (χ3n) is 17.4. The molecule has 1 atom stereocenters. The van der Waals surface area contributed by atoms with Crippen molar-refractivity contribution in [1.82, 2.24) is 67.7 Å². The van der Waals surface area contributed by atoms with E-state index in [4.69, 9.17) is 33.2 Å². The number of ether oxygens (including phenoxy) is 7. The van der Waals surface area contributed by atoms with Crippen LogP contribution in [0, 0.1) is 0 Å². The largest absolute Gasteiger partial charge is 0.508 e. The van der Waals surface area contributed by atoms with Gasteiger partial charge >= 0.3 is 17.9 Å². The van der Waals surface area contributed by atoms with Gasteiger partial charge in [-0.1, -0.05) is 26.0 Å². The van der Waals surface area contributed by atoms with Gasteiger partial charge in [0.25, 0.3) is 0 Å². The second-order valence-electron chi connectivity index (χ2n) is 31.1. The Morgan fingerprint density at radius 3 is 0.932 bits per heavy atom. The molecule has 9 aromatic heterocycles. The molecule has 14 rings (SSSR count). The molecule has 0 aliphatic carbocycles. The lowest BCUT2D eigenvalue weighted by molar-refractivity contribution is -0.155. The maximum Gasteiger partial charge on any atom is 0.303 e. The molecule has 117 heavy (non-hydrogen) atoms. The van der Waals surface area contributed by atoms with Gasteiger partial charge in [0.2, 0.25) is 23.5 Å². The van der Waals surface area contributed by atoms with Gasteiger partial charge in [-0.2, -0.15) is 0 Å². The molecular weight excluding hydrogens is 1490 g/mol. The lowest BCUT2D eigenvalue weighted by atomic mass is 10.1. The Kier molecular flexibility index (Phi) is 27.7. The summed E-state index contributed by atoms with van der Waals surface area (Å²) >= 11 is 0. The Morgan fingerprint density at radius 2 is 0.675 bits per heavy atom. The maximum absolute atomic E-state index is 11.3. The van der Waals surface area contributed by atoms with Crippen LogP contribution in [0.5, 0.6) is 52.3 Å². The smallest absolute Gasteiger partial charge is 0.303 e. The van der Waals surface area contributed by atoms with Crippen LogP contribution in [0.2, 0.25) is 0 Å². The number of phenols is 1. The monoisotopic (exact) mass is 1590 g/mol. The molecule has 0 amide bonds. The van der Waals surface area contributed by atoms with Crippen molar-refractivity contribution in [3.63, 3.8) is 0 Å². The third-order valence-corrected chi connectivity index (χ3v) is 17.4. The number of pyridine rings is 4. The number of aldehydes is 1. The van der Waals surface area contributed by atoms with Crippen LogP contribution in [-0.4, -0.2) is 140 Å². The van der Waals surface area contributed by atoms with Gasteiger partial charge in [-0.05, 0) is 178 Å². The highest BCUT2D eigenvalue weighted by atomic mass is 16.6. The molecule has 0 fully saturated rings. The molecule has 0 aliphatic rings. The minimum Gasteiger partial charge on any atom is -0.508 e. The number of imidazole rings is 5. The number of fused-ring (bicyclic) bond motifs is 5. The molecule has 4 N–H and O–H groups in total. The van der Waals surface area contributed by atoms with Crippen molar-refractivity contribution in [3.05, 3.63) is 218 Å². The predicted molar refractivity (Wildman–Crippen MR) is 442 cm³/mol. The van der Waals surface area contributed by atoms with Gasteiger partial charge in [0.1, 0.15) is 45.6 Å². The van der Waals surface area contributed by atoms with Gasteiger partial charge in [-0.15, -0.1) is 0 Å². The standard InChI is InChI=1S/C20H23N3O4.C20H23N3O3.C19H19N3O4.C18H21N3O2.C11H14N2O2/c1-13(24)15-5-8-19(21-10-15)26-16-6-7-17-18(9-16)23(12-22-17)11-20(3,4)27-14(2)25;1-5-15-6-9-19(21-11-15)25-16-7-8-17-18(10-16)23(13-22-17)12-20(3,4)26-14(2)24;1-13(24)26-19(2,3)11-22-12-21-16-6-5-15(8-17(16)22)25-18-7-4-14(10-23)9-20-18;1-4-13-5-8-17(19-10-13)23-14-6-7-15-16(9-14)21(12-20-15)11-18(2,3)22;1-11(2,15)6-13-7-12-9-4-3-8(14)5-10(9)13/h5-10,12-13,24H,11H2,1-4H3;6-11,13H,5,12H2,1-4H3;4-10,12H,11H2,1-3H3;5-10,12,22H,4,11H2,1-3H3;3-5,7,14-15H,6H2,1-2H3. The van der Waals surface area contributed by atoms with Crippen molar-refractivity contribution in [2.45, 2.75) is 190 Å². The van der Waals surface area contributed by atoms with Crippen LogP contribution in [0.3, 0.4) is 0 Å². The molecule has 5 aromatic carbocycles. The first-order valence-corrected chi connectivity index (χ1v) is 38.0. The van der Waals surface area contributed by atoms with Crippen LogP contribution < -0.4 is 18.9 Å². The number of aliphatic hydroxyl groups is 3. The lowest BCUT2D eigenvalue weighted by Gasteiger charge is -2.25. The normalized spacial score (nSPS) is 11.9. The summed E-state index contributed by atoms with van der Waals surface area (Å²) in [6.45, 7) is 30.6. The molecule has 0 radical (unpaired) electrons. The van der Waals surface area contributed by atoms with E-state index in [9.17, 15) is 39.6 Å². The number of benzene rings is 5. The fourth-order valence-corrected chi connectivity index (χ4v) is 12.5. The summed E-state index contributed by atoms with van der Waals surface area (Å²) in [5.74, 6) is 3.79. The first kappa shape index (κ1) is 86.4. The Bertz CT molecular complexity index is 5700. The van der Waals surface area contributed by atoms with E-state index < -0.39 is 34.1 Å². The summed E-state index contributed by atoms with van der Waals surface area (Å²) in [7, 11) is 0. The molecular formula is C88H100N14O15. The van der Waals surface area contributed by atoms with Crippen LogP contribution in [-0.2, 0) is 74.2 Å². The third kappa shape index (κ3) is 25.5. The van der Waals surface area contributed by atoms with E-state index in [1.807, 2.05) is 168 Å². The minimum absolute atomic E-state index is 0.208. The molecule has 1 unspecified atom stereocenters. The quantitative estimate of drug-likeness (QED) is 0.0234. The molecule has 0 saturated heterocycles. The highest BCUT2D eigenvalue weighted by molar-refractivity contribution is 5.81. The average Bonchev–Trinajstić information content (AvgIpc) is 1.71. The molecule has 9 heterocycles. The topological polar surface area (TPSA) is 354 Å². The number of carbonyl (C=O) groups excluding carboxylic acids is 4. The van der Waals surface area contributed by atoms with E-state index in [0.717, 1.165) is 79.9 Å². The molecule has 0 spiro atoms. The summed E-state index contributed by atoms with van der Waals surface area (Å²) < 4.78 is 48.9. The van der Waals surface area contributed by atoms with Crippen LogP contribution >= 0.6 is 0 Å². The van der Waals surface area contributed by atoms with Gasteiger partial charge in [0.05, 0.1) is 137 Å². The fourth-order valence-electron chi connectivity index (χ4n) is 12.5. The zero-order valence-electron chi connectivity index (χ0n) is 68.6. The summed E-state index contributed by atoms with van der Waals surface area (Å²) in [4.78, 5) is 83.2. The zero-order chi connectivity index (χ0) is 84.6. The van der Waals surface area contributed by atoms with Crippen molar-refractivity contribution in [1.29, 1.82) is 0 Å². The number of hydrogen-bond acceptors (Lipinski definition) is 24. The van der Waals surface area contributed by atoms with Gasteiger partial charge in [-0.3, -0.25) is 19.2 Å². The molecule has 29 heteroatoms. The second kappa shape index (κ2) is 37.5. The van der Waals surface area contributed by atoms with E-state index >= 15 is 0 Å². The number of aliphatic hydroxyl groups excluding tert-OH is 1. The molecule has 612 valence electrons. The summed E-state index contributed by atoms with van der Waals surface area (Å²) in [5, 5.41) is 38.6. The van der Waals surface area contributed by atoms with Crippen molar-refractivity contribution in [2.75, 3.05) is 0 Å². The van der Waals surface area contributed by atoms with Crippen molar-refractivity contribution >= 4 is 79.4 Å². The van der Waals surface area contributed by atoms with Crippen molar-refractivity contribution in [3.8, 4) is 52.3 Å². The number of esters is 3. The van der Waals surface area contributed by atoms with Crippen LogP contribution in [0.4, 0.5) is 0 Å². The minimum atomic E-state index is -0.804. The number of hydrogen-bond donors (Lipinski definition) is 4. The van der Waals surface area contributed by atoms with Gasteiger partial charge < -0.3 is 76.4 Å². The molecule has 29 nitrogen and oxygen atoms in total. The number of rotatable bonds is 25. The molecule has 0 saturated carbocycles. The number of aromatic nitrogens is 14. The van der Waals surface area contributed by atoms with E-state index in [2.05, 4.69) is 58.7 Å². The van der Waals surface area contributed by atoms with E-state index in [-0.39, 0.29) is 23.7 Å². The van der Waals surface area contributed by atoms with Crippen LogP contribution in [0.15, 0.2) is 196 Å². The first-order valence-electron chi connectivity index (χ1n) is 38.0. The Morgan fingerprint density at radius 1 is 0.385 bits per heavy atom. The Hall–Kier alpha value is -13.0. The van der Waals surface area contributed by atoms with Gasteiger partial charge in [-0.25, -0.2) is 44.9 Å². The Balaban J connectivity index is 0.000000156. The van der Waals surface area contributed by atoms with Crippen molar-refractivity contribution < 1.29 is 72.8 Å². The lowest BCUT2D eigenvalue weighted by Crippen LogP contribution is -2.32. The number of nitrogens with zero attached hydrogens (tertiary/aromatic N) is 14. The second-order valence-corrected chi connectivity index (χ2v) is 31.1. The number of aromatic hydroxyl groups is 1. The molecule has 0 aliphatic heterocycles. The predicted octanol–water partition coefficient (Wildman–Crippen LogP) is 16.2. The number of phenolic OH excluding ortho intramolecular Hbond substituents is 1. The fraction of sp³-hybridized carbons (Fsp3) is 0.330. The van der Waals surface area contributed by atoms with Gasteiger partial charge in [0.15, 0.2) is 6.29 Å². The van der Waals surface area contributed by atoms with Crippen molar-refractivity contribution in [2.24, 2.45) is 0 Å². The Labute approximate surface area is 677 Å². The molecule has 14 aromatic rings. The van der Waals surface area contributed by atoms with E-state index in [1.54, 1.807) is 121 Å². The summed E-state index contributed by atoms with van der Waals surface area (Å²) in [6.07, 6.45) is 17.3. The van der Waals surface area contributed by atoms with Crippen LogP contribution in [0.25, 0.3) is 55.2 Å². The average molecular weight is 1590 g/mol. The number of aryl methyl sites for hydroxylation is 2. The molecule has 0 bridgehead atoms. The van der Waals surface area contributed by atoms with E-state index in [0.29, 0.717) is 84.8 Å². The zero-order valence-corrected chi connectivity index (χ0v) is 68.6. The first-order chi connectivity index (χ1) is 55.3. The number of carbonyl (C=O) groups is 4. The van der Waals surface area contributed by atoms with E-state index in [1.165, 1.54) is 38.1 Å². The SMILES string of the molecule is CC(=O)OC(C)(C)Cn1cnc2ccc(Oc3ccc(C(C)O)cn3)cc21.CC(=O)OC(C)(C)Cn1cnc2ccc(Oc3ccc(C=O)cn3)cc21.CC(C)(O)Cn1cnc2ccc(O)cc21.CCc1ccc(Oc2ccc3ncn(CC(C)(C)O)c3c2)nc1.CCc1ccc(Oc2ccc3ncn(CC(C)(C)OC(C)=O)c3c2)nc1. The van der Waals surface area contributed by atoms with Crippen LogP contribution in [0.1, 0.15) is 144 Å². The maximum atomic E-state index is 11.3.